The van der Waals surface area contributed by atoms with Crippen LogP contribution < -0.4 is 10.9 Å². The largest absolute Gasteiger partial charge is 0.376 e. The van der Waals surface area contributed by atoms with Crippen LogP contribution in [0.4, 0.5) is 15.8 Å². The van der Waals surface area contributed by atoms with E-state index in [1.54, 1.807) is 18.2 Å². The van der Waals surface area contributed by atoms with Gasteiger partial charge in [-0.15, -0.1) is 0 Å². The molecular weight excluding hydrogens is 475 g/mol. The van der Waals surface area contributed by atoms with Gasteiger partial charge in [-0.2, -0.15) is 0 Å². The van der Waals surface area contributed by atoms with Gasteiger partial charge in [0.05, 0.1) is 39.9 Å². The van der Waals surface area contributed by atoms with Crippen LogP contribution in [0.2, 0.25) is 5.02 Å². The second kappa shape index (κ2) is 9.86. The molecule has 4 rings (SSSR count). The molecule has 2 aromatic carbocycles. The van der Waals surface area contributed by atoms with Gasteiger partial charge in [-0.3, -0.25) is 24.3 Å². The Morgan fingerprint density at radius 1 is 1.36 bits per heavy atom. The molecule has 0 saturated carbocycles. The number of halogens is 2. The van der Waals surface area contributed by atoms with Crippen LogP contribution in [0.15, 0.2) is 46.3 Å². The summed E-state index contributed by atoms with van der Waals surface area (Å²) in [6, 6.07) is 7.64. The molecule has 1 unspecified atom stereocenters. The summed E-state index contributed by atoms with van der Waals surface area (Å²) in [7, 11) is 0. The van der Waals surface area contributed by atoms with Gasteiger partial charge >= 0.3 is 0 Å². The van der Waals surface area contributed by atoms with Crippen molar-refractivity contribution in [1.29, 1.82) is 0 Å². The summed E-state index contributed by atoms with van der Waals surface area (Å²) in [5.41, 5.74) is -0.536. The van der Waals surface area contributed by atoms with E-state index < -0.39 is 16.6 Å². The van der Waals surface area contributed by atoms with Crippen molar-refractivity contribution >= 4 is 51.5 Å². The number of anilines is 1. The smallest absolute Gasteiger partial charge is 0.271 e. The standard InChI is InChI=1S/C21H18ClFN4O5S/c22-12-3-5-15-17(8-12)25-21(26(20(15)29)10-14-2-1-7-32-14)33-11-19(28)24-18-9-13(27(30)31)4-6-16(18)23/h3-6,8-9,14H,1-2,7,10-11H2,(H,24,28). The zero-order valence-corrected chi connectivity index (χ0v) is 18.7. The molecule has 1 fully saturated rings. The van der Waals surface area contributed by atoms with Crippen LogP contribution in [0, 0.1) is 15.9 Å². The summed E-state index contributed by atoms with van der Waals surface area (Å²) in [5.74, 6) is -1.61. The fourth-order valence-corrected chi connectivity index (χ4v) is 4.45. The summed E-state index contributed by atoms with van der Waals surface area (Å²) < 4.78 is 21.1. The first-order valence-corrected chi connectivity index (χ1v) is 11.4. The van der Waals surface area contributed by atoms with Gasteiger partial charge in [-0.1, -0.05) is 23.4 Å². The number of thioether (sulfide) groups is 1. The van der Waals surface area contributed by atoms with Crippen LogP contribution in [0.25, 0.3) is 10.9 Å². The number of nitro benzene ring substituents is 1. The van der Waals surface area contributed by atoms with Crippen LogP contribution in [0.5, 0.6) is 0 Å². The van der Waals surface area contributed by atoms with E-state index in [9.17, 15) is 24.1 Å². The van der Waals surface area contributed by atoms with Gasteiger partial charge in [0.15, 0.2) is 5.16 Å². The molecule has 0 bridgehead atoms. The molecule has 1 amide bonds. The predicted octanol–water partition coefficient (Wildman–Crippen LogP) is 4.01. The Hall–Kier alpha value is -3.02. The number of hydrogen-bond donors (Lipinski definition) is 1. The molecule has 12 heteroatoms. The maximum atomic E-state index is 14.0. The van der Waals surface area contributed by atoms with Crippen LogP contribution in [0.1, 0.15) is 12.8 Å². The van der Waals surface area contributed by atoms with Gasteiger partial charge in [-0.05, 0) is 37.1 Å². The number of carbonyl (C=O) groups excluding carboxylic acids is 1. The lowest BCUT2D eigenvalue weighted by atomic mass is 10.2. The van der Waals surface area contributed by atoms with E-state index in [2.05, 4.69) is 10.3 Å². The Morgan fingerprint density at radius 2 is 2.18 bits per heavy atom. The molecule has 1 N–H and O–H groups in total. The molecule has 1 aliphatic rings. The van der Waals surface area contributed by atoms with E-state index >= 15 is 0 Å². The monoisotopic (exact) mass is 492 g/mol. The number of ether oxygens (including phenoxy) is 1. The number of rotatable bonds is 7. The Bertz CT molecular complexity index is 1300. The van der Waals surface area contributed by atoms with Gasteiger partial charge in [0.1, 0.15) is 5.82 Å². The minimum atomic E-state index is -0.798. The zero-order valence-electron chi connectivity index (χ0n) is 17.1. The maximum Gasteiger partial charge on any atom is 0.271 e. The molecule has 1 saturated heterocycles. The number of non-ortho nitro benzene ring substituents is 1. The maximum absolute atomic E-state index is 14.0. The highest BCUT2D eigenvalue weighted by molar-refractivity contribution is 7.99. The van der Waals surface area contributed by atoms with Crippen LogP contribution in [-0.4, -0.2) is 38.8 Å². The summed E-state index contributed by atoms with van der Waals surface area (Å²) in [4.78, 5) is 40.3. The quantitative estimate of drug-likeness (QED) is 0.229. The molecule has 1 aromatic heterocycles. The fraction of sp³-hybridized carbons (Fsp3) is 0.286. The highest BCUT2D eigenvalue weighted by Crippen LogP contribution is 2.24. The number of aromatic nitrogens is 2. The van der Waals surface area contributed by atoms with Crippen LogP contribution >= 0.6 is 23.4 Å². The third kappa shape index (κ3) is 5.32. The third-order valence-corrected chi connectivity index (χ3v) is 6.27. The van der Waals surface area contributed by atoms with Crippen molar-refractivity contribution in [3.63, 3.8) is 0 Å². The van der Waals surface area contributed by atoms with E-state index in [0.717, 1.165) is 42.8 Å². The lowest BCUT2D eigenvalue weighted by molar-refractivity contribution is -0.384. The number of amides is 1. The third-order valence-electron chi connectivity index (χ3n) is 5.06. The van der Waals surface area contributed by atoms with E-state index in [-0.39, 0.29) is 35.3 Å². The van der Waals surface area contributed by atoms with Crippen molar-refractivity contribution < 1.29 is 18.8 Å². The second-order valence-electron chi connectivity index (χ2n) is 7.36. The Labute approximate surface area is 196 Å². The van der Waals surface area contributed by atoms with E-state index in [4.69, 9.17) is 16.3 Å². The van der Waals surface area contributed by atoms with E-state index in [1.165, 1.54) is 4.57 Å². The average molecular weight is 493 g/mol. The predicted molar refractivity (Wildman–Crippen MR) is 122 cm³/mol. The van der Waals surface area contributed by atoms with Gasteiger partial charge in [-0.25, -0.2) is 9.37 Å². The summed E-state index contributed by atoms with van der Waals surface area (Å²) >= 11 is 7.04. The number of carbonyl (C=O) groups is 1. The number of benzene rings is 2. The first kappa shape index (κ1) is 23.1. The minimum Gasteiger partial charge on any atom is -0.376 e. The van der Waals surface area contributed by atoms with Gasteiger partial charge in [0, 0.05) is 23.8 Å². The lowest BCUT2D eigenvalue weighted by Gasteiger charge is -2.16. The molecule has 3 aromatic rings. The van der Waals surface area contributed by atoms with Crippen molar-refractivity contribution in [3.05, 3.63) is 67.7 Å². The Kier molecular flexibility index (Phi) is 6.91. The average Bonchev–Trinajstić information content (AvgIpc) is 3.29. The van der Waals surface area contributed by atoms with Gasteiger partial charge in [0.2, 0.25) is 5.91 Å². The van der Waals surface area contributed by atoms with Crippen molar-refractivity contribution in [2.24, 2.45) is 0 Å². The molecule has 0 spiro atoms. The SMILES string of the molecule is O=C(CSc1nc2cc(Cl)ccc2c(=O)n1CC1CCCO1)Nc1cc([N+](=O)[O-])ccc1F. The summed E-state index contributed by atoms with van der Waals surface area (Å²) in [5, 5.41) is 14.3. The normalized spacial score (nSPS) is 15.6. The topological polar surface area (TPSA) is 116 Å². The second-order valence-corrected chi connectivity index (χ2v) is 8.74. The Balaban J connectivity index is 1.58. The number of nitro groups is 1. The lowest BCUT2D eigenvalue weighted by Crippen LogP contribution is -2.29. The molecule has 33 heavy (non-hydrogen) atoms. The fourth-order valence-electron chi connectivity index (χ4n) is 3.48. The van der Waals surface area contributed by atoms with Crippen LogP contribution in [-0.2, 0) is 16.1 Å². The molecule has 0 aliphatic carbocycles. The van der Waals surface area contributed by atoms with Crippen LogP contribution in [0.3, 0.4) is 0 Å². The summed E-state index contributed by atoms with van der Waals surface area (Å²) in [6.07, 6.45) is 1.57. The molecule has 1 atom stereocenters. The van der Waals surface area contributed by atoms with Crippen molar-refractivity contribution in [2.45, 2.75) is 30.6 Å². The number of hydrogen-bond acceptors (Lipinski definition) is 7. The van der Waals surface area contributed by atoms with E-state index in [0.29, 0.717) is 27.7 Å². The van der Waals surface area contributed by atoms with Crippen molar-refractivity contribution in [3.8, 4) is 0 Å². The Morgan fingerprint density at radius 3 is 2.91 bits per heavy atom. The van der Waals surface area contributed by atoms with Crippen molar-refractivity contribution in [2.75, 3.05) is 17.7 Å². The number of fused-ring (bicyclic) bond motifs is 1. The number of nitrogens with zero attached hydrogens (tertiary/aromatic N) is 3. The molecule has 2 heterocycles. The van der Waals surface area contributed by atoms with E-state index in [1.807, 2.05) is 0 Å². The summed E-state index contributed by atoms with van der Waals surface area (Å²) in [6.45, 7) is 0.906. The molecule has 0 radical (unpaired) electrons. The zero-order chi connectivity index (χ0) is 23.5. The van der Waals surface area contributed by atoms with Gasteiger partial charge < -0.3 is 10.1 Å². The highest BCUT2D eigenvalue weighted by Gasteiger charge is 2.21. The minimum absolute atomic E-state index is 0.138. The van der Waals surface area contributed by atoms with Crippen molar-refractivity contribution in [1.82, 2.24) is 9.55 Å². The molecular formula is C21H18ClFN4O5S. The number of nitrogens with one attached hydrogen (secondary N) is 1. The first-order chi connectivity index (χ1) is 15.8. The molecule has 1 aliphatic heterocycles. The first-order valence-electron chi connectivity index (χ1n) is 10.00. The highest BCUT2D eigenvalue weighted by atomic mass is 35.5. The van der Waals surface area contributed by atoms with Gasteiger partial charge in [0.25, 0.3) is 11.2 Å². The molecule has 9 nitrogen and oxygen atoms in total. The molecule has 172 valence electrons.